The highest BCUT2D eigenvalue weighted by molar-refractivity contribution is 7.12. The van der Waals surface area contributed by atoms with E-state index in [1.165, 1.54) is 16.2 Å². The standard InChI is InChI=1S/C15H18N2O2S2/c1-10-4-5-13(21-10)11(2)17(3)14(18)8-16-15(19)12-6-7-20-9-12/h4-7,9,11H,8H2,1-3H3,(H,16,19). The number of nitrogens with one attached hydrogen (secondary N) is 1. The molecule has 2 aromatic heterocycles. The Morgan fingerprint density at radius 2 is 2.10 bits per heavy atom. The van der Waals surface area contributed by atoms with E-state index in [4.69, 9.17) is 0 Å². The van der Waals surface area contributed by atoms with E-state index in [-0.39, 0.29) is 24.4 Å². The number of likely N-dealkylation sites (N-methyl/N-ethyl adjacent to an activating group) is 1. The van der Waals surface area contributed by atoms with Crippen LogP contribution in [0.25, 0.3) is 0 Å². The number of aryl methyl sites for hydroxylation is 1. The molecule has 0 fully saturated rings. The number of carbonyl (C=O) groups excluding carboxylic acids is 2. The molecule has 21 heavy (non-hydrogen) atoms. The molecule has 0 aliphatic heterocycles. The average Bonchev–Trinajstić information content (AvgIpc) is 3.13. The Bertz CT molecular complexity index is 619. The smallest absolute Gasteiger partial charge is 0.252 e. The van der Waals surface area contributed by atoms with Gasteiger partial charge >= 0.3 is 0 Å². The zero-order valence-electron chi connectivity index (χ0n) is 12.3. The van der Waals surface area contributed by atoms with Crippen molar-refractivity contribution in [1.82, 2.24) is 10.2 Å². The first kappa shape index (κ1) is 15.7. The summed E-state index contributed by atoms with van der Waals surface area (Å²) in [5.74, 6) is -0.310. The molecule has 2 amide bonds. The maximum Gasteiger partial charge on any atom is 0.252 e. The minimum absolute atomic E-state index is 0.00856. The van der Waals surface area contributed by atoms with Crippen LogP contribution in [0.2, 0.25) is 0 Å². The van der Waals surface area contributed by atoms with E-state index in [2.05, 4.69) is 5.32 Å². The van der Waals surface area contributed by atoms with Crippen molar-refractivity contribution >= 4 is 34.5 Å². The van der Waals surface area contributed by atoms with Gasteiger partial charge in [0, 0.05) is 27.7 Å². The summed E-state index contributed by atoms with van der Waals surface area (Å²) in [5.41, 5.74) is 0.595. The van der Waals surface area contributed by atoms with E-state index in [0.717, 1.165) is 4.88 Å². The number of nitrogens with zero attached hydrogens (tertiary/aromatic N) is 1. The van der Waals surface area contributed by atoms with Gasteiger partial charge in [0.2, 0.25) is 5.91 Å². The molecule has 1 N–H and O–H groups in total. The lowest BCUT2D eigenvalue weighted by atomic mass is 10.2. The van der Waals surface area contributed by atoms with E-state index in [1.54, 1.807) is 34.7 Å². The number of carbonyl (C=O) groups is 2. The topological polar surface area (TPSA) is 49.4 Å². The van der Waals surface area contributed by atoms with Crippen LogP contribution in [0.4, 0.5) is 0 Å². The van der Waals surface area contributed by atoms with Crippen LogP contribution in [0.3, 0.4) is 0 Å². The second-order valence-corrected chi connectivity index (χ2v) is 6.92. The second kappa shape index (κ2) is 6.87. The summed E-state index contributed by atoms with van der Waals surface area (Å²) in [6.45, 7) is 4.05. The fourth-order valence-corrected chi connectivity index (χ4v) is 3.47. The molecule has 0 saturated heterocycles. The molecule has 0 aromatic carbocycles. The van der Waals surface area contributed by atoms with Gasteiger partial charge in [-0.1, -0.05) is 0 Å². The number of thiophene rings is 2. The van der Waals surface area contributed by atoms with Crippen LogP contribution in [0.15, 0.2) is 29.0 Å². The number of hydrogen-bond donors (Lipinski definition) is 1. The van der Waals surface area contributed by atoms with E-state index < -0.39 is 0 Å². The molecule has 6 heteroatoms. The van der Waals surface area contributed by atoms with Gasteiger partial charge in [0.25, 0.3) is 5.91 Å². The maximum absolute atomic E-state index is 12.2. The van der Waals surface area contributed by atoms with Crippen molar-refractivity contribution in [3.8, 4) is 0 Å². The Morgan fingerprint density at radius 3 is 2.67 bits per heavy atom. The van der Waals surface area contributed by atoms with Crippen LogP contribution >= 0.6 is 22.7 Å². The maximum atomic E-state index is 12.2. The molecule has 2 rings (SSSR count). The minimum Gasteiger partial charge on any atom is -0.343 e. The van der Waals surface area contributed by atoms with Crippen molar-refractivity contribution < 1.29 is 9.59 Å². The first-order valence-corrected chi connectivity index (χ1v) is 8.37. The average molecular weight is 322 g/mol. The summed E-state index contributed by atoms with van der Waals surface area (Å²) in [6, 6.07) is 5.84. The van der Waals surface area contributed by atoms with Gasteiger partial charge in [0.05, 0.1) is 12.6 Å². The molecule has 112 valence electrons. The third-order valence-corrected chi connectivity index (χ3v) is 5.18. The minimum atomic E-state index is -0.211. The Labute approximate surface area is 132 Å². The fraction of sp³-hybridized carbons (Fsp3) is 0.333. The van der Waals surface area contributed by atoms with Crippen molar-refractivity contribution in [2.45, 2.75) is 19.9 Å². The normalized spacial score (nSPS) is 12.0. The number of rotatable bonds is 5. The Balaban J connectivity index is 1.89. The lowest BCUT2D eigenvalue weighted by Gasteiger charge is -2.24. The number of amides is 2. The molecule has 4 nitrogen and oxygen atoms in total. The van der Waals surface area contributed by atoms with E-state index in [0.29, 0.717) is 5.56 Å². The zero-order chi connectivity index (χ0) is 15.4. The van der Waals surface area contributed by atoms with Crippen molar-refractivity contribution in [2.24, 2.45) is 0 Å². The molecule has 2 heterocycles. The summed E-state index contributed by atoms with van der Waals surface area (Å²) in [5, 5.41) is 6.26. The number of hydrogen-bond acceptors (Lipinski definition) is 4. The zero-order valence-corrected chi connectivity index (χ0v) is 13.9. The molecule has 1 atom stereocenters. The largest absolute Gasteiger partial charge is 0.343 e. The molecule has 0 spiro atoms. The molecular formula is C15H18N2O2S2. The predicted molar refractivity (Wildman–Crippen MR) is 86.9 cm³/mol. The highest BCUT2D eigenvalue weighted by Gasteiger charge is 2.19. The SMILES string of the molecule is Cc1ccc(C(C)N(C)C(=O)CNC(=O)c2ccsc2)s1. The van der Waals surface area contributed by atoms with Crippen LogP contribution in [0.5, 0.6) is 0 Å². The van der Waals surface area contributed by atoms with Gasteiger partial charge < -0.3 is 10.2 Å². The molecule has 0 saturated carbocycles. The first-order chi connectivity index (χ1) is 9.99. The van der Waals surface area contributed by atoms with Crippen LogP contribution in [-0.2, 0) is 4.79 Å². The van der Waals surface area contributed by atoms with Crippen LogP contribution in [0.1, 0.15) is 33.1 Å². The van der Waals surface area contributed by atoms with Crippen LogP contribution < -0.4 is 5.32 Å². The molecule has 1 unspecified atom stereocenters. The first-order valence-electron chi connectivity index (χ1n) is 6.61. The second-order valence-electron chi connectivity index (χ2n) is 4.82. The highest BCUT2D eigenvalue weighted by Crippen LogP contribution is 2.26. The fourth-order valence-electron chi connectivity index (χ4n) is 1.86. The van der Waals surface area contributed by atoms with Crippen molar-refractivity contribution in [3.63, 3.8) is 0 Å². The van der Waals surface area contributed by atoms with E-state index in [9.17, 15) is 9.59 Å². The van der Waals surface area contributed by atoms with Gasteiger partial charge in [-0.25, -0.2) is 0 Å². The Kier molecular flexibility index (Phi) is 5.14. The summed E-state index contributed by atoms with van der Waals surface area (Å²) in [6.07, 6.45) is 0. The Hall–Kier alpha value is -1.66. The Morgan fingerprint density at radius 1 is 1.33 bits per heavy atom. The predicted octanol–water partition coefficient (Wildman–Crippen LogP) is 3.07. The molecular weight excluding hydrogens is 304 g/mol. The highest BCUT2D eigenvalue weighted by atomic mass is 32.1. The quantitative estimate of drug-likeness (QED) is 0.920. The van der Waals surface area contributed by atoms with E-state index in [1.807, 2.05) is 31.4 Å². The van der Waals surface area contributed by atoms with Gasteiger partial charge in [-0.2, -0.15) is 11.3 Å². The van der Waals surface area contributed by atoms with Gasteiger partial charge in [0.15, 0.2) is 0 Å². The summed E-state index contributed by atoms with van der Waals surface area (Å²) >= 11 is 3.14. The summed E-state index contributed by atoms with van der Waals surface area (Å²) < 4.78 is 0. The monoisotopic (exact) mass is 322 g/mol. The van der Waals surface area contributed by atoms with Crippen LogP contribution in [0, 0.1) is 6.92 Å². The van der Waals surface area contributed by atoms with Gasteiger partial charge in [0.1, 0.15) is 0 Å². The van der Waals surface area contributed by atoms with Crippen molar-refractivity contribution in [3.05, 3.63) is 44.3 Å². The van der Waals surface area contributed by atoms with Gasteiger partial charge in [-0.05, 0) is 37.4 Å². The third-order valence-electron chi connectivity index (χ3n) is 3.33. The summed E-state index contributed by atoms with van der Waals surface area (Å²) in [7, 11) is 1.76. The third kappa shape index (κ3) is 3.92. The molecule has 0 aliphatic carbocycles. The molecule has 2 aromatic rings. The van der Waals surface area contributed by atoms with Crippen molar-refractivity contribution in [2.75, 3.05) is 13.6 Å². The van der Waals surface area contributed by atoms with Crippen LogP contribution in [-0.4, -0.2) is 30.3 Å². The van der Waals surface area contributed by atoms with Gasteiger partial charge in [-0.15, -0.1) is 11.3 Å². The molecule has 0 radical (unpaired) electrons. The lowest BCUT2D eigenvalue weighted by Crippen LogP contribution is -2.39. The lowest BCUT2D eigenvalue weighted by molar-refractivity contribution is -0.130. The summed E-state index contributed by atoms with van der Waals surface area (Å²) in [4.78, 5) is 28.0. The van der Waals surface area contributed by atoms with Crippen molar-refractivity contribution in [1.29, 1.82) is 0 Å². The van der Waals surface area contributed by atoms with Gasteiger partial charge in [-0.3, -0.25) is 9.59 Å². The molecule has 0 bridgehead atoms. The van der Waals surface area contributed by atoms with E-state index >= 15 is 0 Å². The molecule has 0 aliphatic rings.